The molecule has 6 heteroatoms. The Balaban J connectivity index is 2.01. The fraction of sp³-hybridized carbons (Fsp3) is 0.375. The largest absolute Gasteiger partial charge is 0.353 e. The number of hydrogen-bond donors (Lipinski definition) is 1. The first-order valence-electron chi connectivity index (χ1n) is 10.5. The number of fused-ring (bicyclic) bond motifs is 1. The Morgan fingerprint density at radius 2 is 1.77 bits per heavy atom. The van der Waals surface area contributed by atoms with Crippen molar-refractivity contribution in [1.29, 1.82) is 0 Å². The van der Waals surface area contributed by atoms with E-state index in [2.05, 4.69) is 31.3 Å². The highest BCUT2D eigenvalue weighted by Gasteiger charge is 2.15. The lowest BCUT2D eigenvalue weighted by Gasteiger charge is -2.15. The SMILES string of the molecule is CCC(C)NC(=O)CSc1nc2ccccc2c(=O)n1-c1ccc(C(C)CC)cc1. The topological polar surface area (TPSA) is 64.0 Å². The molecule has 3 aromatic rings. The molecule has 0 bridgehead atoms. The monoisotopic (exact) mass is 423 g/mol. The summed E-state index contributed by atoms with van der Waals surface area (Å²) in [6.45, 7) is 8.36. The zero-order chi connectivity index (χ0) is 21.7. The van der Waals surface area contributed by atoms with Crippen LogP contribution in [0.4, 0.5) is 0 Å². The van der Waals surface area contributed by atoms with Gasteiger partial charge in [-0.25, -0.2) is 4.98 Å². The first-order valence-corrected chi connectivity index (χ1v) is 11.5. The average Bonchev–Trinajstić information content (AvgIpc) is 2.77. The van der Waals surface area contributed by atoms with Gasteiger partial charge in [-0.3, -0.25) is 14.2 Å². The van der Waals surface area contributed by atoms with Crippen LogP contribution in [0, 0.1) is 0 Å². The third-order valence-corrected chi connectivity index (χ3v) is 6.37. The number of nitrogens with zero attached hydrogens (tertiary/aromatic N) is 2. The molecule has 0 saturated carbocycles. The minimum Gasteiger partial charge on any atom is -0.353 e. The summed E-state index contributed by atoms with van der Waals surface area (Å²) in [5, 5.41) is 4.05. The van der Waals surface area contributed by atoms with Crippen LogP contribution in [0.15, 0.2) is 58.5 Å². The Morgan fingerprint density at radius 3 is 2.43 bits per heavy atom. The fourth-order valence-electron chi connectivity index (χ4n) is 3.17. The molecule has 0 fully saturated rings. The van der Waals surface area contributed by atoms with Gasteiger partial charge in [-0.1, -0.05) is 56.8 Å². The molecule has 30 heavy (non-hydrogen) atoms. The maximum Gasteiger partial charge on any atom is 0.266 e. The molecule has 158 valence electrons. The van der Waals surface area contributed by atoms with Crippen LogP contribution in [0.1, 0.15) is 52.0 Å². The summed E-state index contributed by atoms with van der Waals surface area (Å²) >= 11 is 1.29. The van der Waals surface area contributed by atoms with Crippen LogP contribution in [0.3, 0.4) is 0 Å². The van der Waals surface area contributed by atoms with Gasteiger partial charge in [0.2, 0.25) is 5.91 Å². The van der Waals surface area contributed by atoms with Crippen LogP contribution >= 0.6 is 11.8 Å². The molecule has 0 radical (unpaired) electrons. The molecule has 0 aliphatic carbocycles. The lowest BCUT2D eigenvalue weighted by Crippen LogP contribution is -2.33. The van der Waals surface area contributed by atoms with Crippen molar-refractivity contribution in [3.63, 3.8) is 0 Å². The number of aromatic nitrogens is 2. The van der Waals surface area contributed by atoms with E-state index in [1.54, 1.807) is 10.6 Å². The highest BCUT2D eigenvalue weighted by Crippen LogP contribution is 2.24. The van der Waals surface area contributed by atoms with Crippen molar-refractivity contribution < 1.29 is 4.79 Å². The second-order valence-corrected chi connectivity index (χ2v) is 8.56. The van der Waals surface area contributed by atoms with E-state index >= 15 is 0 Å². The van der Waals surface area contributed by atoms with Crippen LogP contribution in [0.2, 0.25) is 0 Å². The van der Waals surface area contributed by atoms with Gasteiger partial charge < -0.3 is 5.32 Å². The number of nitrogens with one attached hydrogen (secondary N) is 1. The maximum atomic E-state index is 13.3. The van der Waals surface area contributed by atoms with Crippen LogP contribution in [0.5, 0.6) is 0 Å². The van der Waals surface area contributed by atoms with E-state index in [0.29, 0.717) is 22.0 Å². The summed E-state index contributed by atoms with van der Waals surface area (Å²) in [4.78, 5) is 30.3. The molecule has 2 atom stereocenters. The molecule has 0 spiro atoms. The van der Waals surface area contributed by atoms with Gasteiger partial charge in [-0.2, -0.15) is 0 Å². The second-order valence-electron chi connectivity index (χ2n) is 7.62. The quantitative estimate of drug-likeness (QED) is 0.413. The Hall–Kier alpha value is -2.60. The van der Waals surface area contributed by atoms with Crippen molar-refractivity contribution in [3.8, 4) is 5.69 Å². The summed E-state index contributed by atoms with van der Waals surface area (Å²) in [6.07, 6.45) is 1.93. The molecule has 0 aliphatic heterocycles. The predicted octanol–water partition coefficient (Wildman–Crippen LogP) is 4.91. The number of benzene rings is 2. The summed E-state index contributed by atoms with van der Waals surface area (Å²) < 4.78 is 1.62. The zero-order valence-electron chi connectivity index (χ0n) is 18.0. The Bertz CT molecular complexity index is 1080. The van der Waals surface area contributed by atoms with Gasteiger partial charge in [-0.05, 0) is 55.5 Å². The average molecular weight is 424 g/mol. The molecule has 2 unspecified atom stereocenters. The summed E-state index contributed by atoms with van der Waals surface area (Å²) in [5.41, 5.74) is 2.52. The summed E-state index contributed by atoms with van der Waals surface area (Å²) in [6, 6.07) is 15.5. The van der Waals surface area contributed by atoms with Crippen LogP contribution < -0.4 is 10.9 Å². The van der Waals surface area contributed by atoms with E-state index in [1.165, 1.54) is 17.3 Å². The zero-order valence-corrected chi connectivity index (χ0v) is 18.8. The van der Waals surface area contributed by atoms with E-state index in [0.717, 1.165) is 18.5 Å². The predicted molar refractivity (Wildman–Crippen MR) is 125 cm³/mol. The molecule has 1 heterocycles. The fourth-order valence-corrected chi connectivity index (χ4v) is 4.00. The van der Waals surface area contributed by atoms with Gasteiger partial charge in [0, 0.05) is 6.04 Å². The molecule has 1 aromatic heterocycles. The van der Waals surface area contributed by atoms with Gasteiger partial charge in [0.25, 0.3) is 5.56 Å². The molecule has 5 nitrogen and oxygen atoms in total. The van der Waals surface area contributed by atoms with Crippen LogP contribution in [-0.2, 0) is 4.79 Å². The van der Waals surface area contributed by atoms with E-state index in [4.69, 9.17) is 4.98 Å². The van der Waals surface area contributed by atoms with Crippen molar-refractivity contribution in [2.75, 3.05) is 5.75 Å². The normalized spacial score (nSPS) is 13.2. The van der Waals surface area contributed by atoms with Crippen molar-refractivity contribution in [2.45, 2.75) is 57.7 Å². The number of hydrogen-bond acceptors (Lipinski definition) is 4. The molecule has 0 saturated heterocycles. The van der Waals surface area contributed by atoms with Crippen molar-refractivity contribution in [1.82, 2.24) is 14.9 Å². The van der Waals surface area contributed by atoms with Gasteiger partial charge in [-0.15, -0.1) is 0 Å². The standard InChI is InChI=1S/C24H29N3O2S/c1-5-16(3)18-11-13-19(14-12-18)27-23(29)20-9-7-8-10-21(20)26-24(27)30-15-22(28)25-17(4)6-2/h7-14,16-17H,5-6,15H2,1-4H3,(H,25,28). The number of rotatable bonds is 8. The Labute approximate surface area is 181 Å². The smallest absolute Gasteiger partial charge is 0.266 e. The summed E-state index contributed by atoms with van der Waals surface area (Å²) in [7, 11) is 0. The Morgan fingerprint density at radius 1 is 1.07 bits per heavy atom. The Kier molecular flexibility index (Phi) is 7.32. The van der Waals surface area contributed by atoms with E-state index in [9.17, 15) is 9.59 Å². The van der Waals surface area contributed by atoms with Gasteiger partial charge in [0.1, 0.15) is 0 Å². The second kappa shape index (κ2) is 9.94. The number of carbonyl (C=O) groups excluding carboxylic acids is 1. The molecular formula is C24H29N3O2S. The van der Waals surface area contributed by atoms with Crippen molar-refractivity contribution >= 4 is 28.6 Å². The van der Waals surface area contributed by atoms with Gasteiger partial charge in [0.15, 0.2) is 5.16 Å². The number of thioether (sulfide) groups is 1. The molecule has 1 N–H and O–H groups in total. The highest BCUT2D eigenvalue weighted by atomic mass is 32.2. The first-order chi connectivity index (χ1) is 14.4. The molecular weight excluding hydrogens is 394 g/mol. The molecule has 3 rings (SSSR count). The minimum atomic E-state index is -0.123. The number of para-hydroxylation sites is 1. The first kappa shape index (κ1) is 22.1. The third kappa shape index (κ3) is 4.93. The van der Waals surface area contributed by atoms with E-state index in [-0.39, 0.29) is 23.3 Å². The van der Waals surface area contributed by atoms with Gasteiger partial charge in [0.05, 0.1) is 22.3 Å². The molecule has 2 aromatic carbocycles. The highest BCUT2D eigenvalue weighted by molar-refractivity contribution is 7.99. The maximum absolute atomic E-state index is 13.3. The van der Waals surface area contributed by atoms with E-state index in [1.807, 2.05) is 44.2 Å². The van der Waals surface area contributed by atoms with E-state index < -0.39 is 0 Å². The number of carbonyl (C=O) groups is 1. The molecule has 0 aliphatic rings. The molecule has 1 amide bonds. The van der Waals surface area contributed by atoms with Crippen molar-refractivity contribution in [3.05, 3.63) is 64.4 Å². The van der Waals surface area contributed by atoms with Crippen LogP contribution in [0.25, 0.3) is 16.6 Å². The van der Waals surface area contributed by atoms with Crippen LogP contribution in [-0.4, -0.2) is 27.3 Å². The summed E-state index contributed by atoms with van der Waals surface area (Å²) in [5.74, 6) is 0.610. The lowest BCUT2D eigenvalue weighted by atomic mass is 9.98. The lowest BCUT2D eigenvalue weighted by molar-refractivity contribution is -0.119. The van der Waals surface area contributed by atoms with Gasteiger partial charge >= 0.3 is 0 Å². The van der Waals surface area contributed by atoms with Crippen molar-refractivity contribution in [2.24, 2.45) is 0 Å². The third-order valence-electron chi connectivity index (χ3n) is 5.43. The minimum absolute atomic E-state index is 0.0598. The number of amides is 1.